The molecule has 0 spiro atoms. The number of H-pyrrole nitrogens is 1. The molecule has 154 valence electrons. The van der Waals surface area contributed by atoms with Crippen LogP contribution in [0.5, 0.6) is 0 Å². The molecule has 5 rings (SSSR count). The Kier molecular flexibility index (Phi) is 4.72. The molecule has 0 aliphatic rings. The van der Waals surface area contributed by atoms with Crippen molar-refractivity contribution in [2.24, 2.45) is 0 Å². The average Bonchev–Trinajstić information content (AvgIpc) is 3.36. The molecule has 0 bridgehead atoms. The molecule has 0 amide bonds. The second-order valence-corrected chi connectivity index (χ2v) is 7.73. The Bertz CT molecular complexity index is 1440. The van der Waals surface area contributed by atoms with Gasteiger partial charge in [-0.25, -0.2) is 14.8 Å². The van der Waals surface area contributed by atoms with Gasteiger partial charge in [0.1, 0.15) is 16.4 Å². The standard InChI is InChI=1S/C22H17N5O3S/c1-2-30-22(29)14-12-23-19-17(20-25-15-10-6-7-11-16(15)31-20)18(26-27(19)21(14)28)24-13-8-4-3-5-9-13/h3-12,24,26H,2H2,1H3. The fraction of sp³-hybridized carbons (Fsp3) is 0.0909. The Morgan fingerprint density at radius 1 is 1.16 bits per heavy atom. The molecule has 0 saturated carbocycles. The molecular formula is C22H17N5O3S. The number of carbonyl (C=O) groups is 1. The van der Waals surface area contributed by atoms with Crippen molar-refractivity contribution in [1.29, 1.82) is 0 Å². The molecular weight excluding hydrogens is 414 g/mol. The molecule has 2 aromatic carbocycles. The zero-order chi connectivity index (χ0) is 21.4. The third-order valence-corrected chi connectivity index (χ3v) is 5.76. The Morgan fingerprint density at radius 3 is 2.71 bits per heavy atom. The molecule has 0 fully saturated rings. The molecule has 3 aromatic heterocycles. The molecule has 0 aliphatic carbocycles. The number of para-hydroxylation sites is 2. The van der Waals surface area contributed by atoms with Crippen molar-refractivity contribution in [1.82, 2.24) is 19.6 Å². The van der Waals surface area contributed by atoms with E-state index < -0.39 is 11.5 Å². The van der Waals surface area contributed by atoms with Crippen LogP contribution in [0.25, 0.3) is 26.4 Å². The summed E-state index contributed by atoms with van der Waals surface area (Å²) in [7, 11) is 0. The highest BCUT2D eigenvalue weighted by Gasteiger charge is 2.23. The van der Waals surface area contributed by atoms with Crippen LogP contribution in [0.15, 0.2) is 65.6 Å². The van der Waals surface area contributed by atoms with Crippen LogP contribution in [0, 0.1) is 0 Å². The third-order valence-electron chi connectivity index (χ3n) is 4.70. The van der Waals surface area contributed by atoms with Crippen molar-refractivity contribution in [3.8, 4) is 10.6 Å². The molecule has 0 unspecified atom stereocenters. The van der Waals surface area contributed by atoms with Crippen molar-refractivity contribution < 1.29 is 9.53 Å². The van der Waals surface area contributed by atoms with E-state index in [1.54, 1.807) is 6.92 Å². The molecule has 5 aromatic rings. The maximum Gasteiger partial charge on any atom is 0.345 e. The van der Waals surface area contributed by atoms with Crippen LogP contribution in [0.2, 0.25) is 0 Å². The van der Waals surface area contributed by atoms with Gasteiger partial charge in [-0.1, -0.05) is 30.3 Å². The molecule has 0 atom stereocenters. The number of aromatic nitrogens is 4. The van der Waals surface area contributed by atoms with E-state index in [-0.39, 0.29) is 12.2 Å². The van der Waals surface area contributed by atoms with Gasteiger partial charge in [-0.15, -0.1) is 11.3 Å². The minimum absolute atomic E-state index is 0.136. The number of benzene rings is 2. The number of thiazole rings is 1. The van der Waals surface area contributed by atoms with E-state index in [0.717, 1.165) is 15.9 Å². The van der Waals surface area contributed by atoms with Crippen LogP contribution in [0.3, 0.4) is 0 Å². The molecule has 2 N–H and O–H groups in total. The van der Waals surface area contributed by atoms with E-state index in [2.05, 4.69) is 15.4 Å². The van der Waals surface area contributed by atoms with Crippen molar-refractivity contribution in [3.63, 3.8) is 0 Å². The quantitative estimate of drug-likeness (QED) is 0.404. The van der Waals surface area contributed by atoms with E-state index >= 15 is 0 Å². The maximum absolute atomic E-state index is 13.0. The first-order valence-electron chi connectivity index (χ1n) is 9.64. The highest BCUT2D eigenvalue weighted by molar-refractivity contribution is 7.21. The minimum atomic E-state index is -0.705. The van der Waals surface area contributed by atoms with Crippen LogP contribution in [-0.4, -0.2) is 32.2 Å². The second-order valence-electron chi connectivity index (χ2n) is 6.70. The lowest BCUT2D eigenvalue weighted by Crippen LogP contribution is -2.24. The Morgan fingerprint density at radius 2 is 1.94 bits per heavy atom. The molecule has 8 nitrogen and oxygen atoms in total. The smallest absolute Gasteiger partial charge is 0.345 e. The Hall–Kier alpha value is -3.98. The topological polar surface area (TPSA) is 101 Å². The van der Waals surface area contributed by atoms with Gasteiger partial charge >= 0.3 is 5.97 Å². The summed E-state index contributed by atoms with van der Waals surface area (Å²) in [6.07, 6.45) is 1.26. The fourth-order valence-electron chi connectivity index (χ4n) is 3.30. The first-order valence-corrected chi connectivity index (χ1v) is 10.5. The number of esters is 1. The summed E-state index contributed by atoms with van der Waals surface area (Å²) in [5.74, 6) is -0.154. The number of rotatable bonds is 5. The van der Waals surface area contributed by atoms with Gasteiger partial charge in [-0.3, -0.25) is 9.89 Å². The summed E-state index contributed by atoms with van der Waals surface area (Å²) in [5, 5.41) is 7.05. The molecule has 0 aliphatic heterocycles. The van der Waals surface area contributed by atoms with Gasteiger partial charge in [-0.05, 0) is 31.2 Å². The number of ether oxygens (including phenoxy) is 1. The summed E-state index contributed by atoms with van der Waals surface area (Å²) in [4.78, 5) is 34.3. The normalized spacial score (nSPS) is 11.1. The summed E-state index contributed by atoms with van der Waals surface area (Å²) in [5.41, 5.74) is 2.04. The largest absolute Gasteiger partial charge is 0.462 e. The lowest BCUT2D eigenvalue weighted by atomic mass is 10.2. The predicted octanol–water partition coefficient (Wildman–Crippen LogP) is 4.22. The number of hydrogen-bond donors (Lipinski definition) is 2. The van der Waals surface area contributed by atoms with Crippen molar-refractivity contribution >= 4 is 44.7 Å². The van der Waals surface area contributed by atoms with Gasteiger partial charge in [0.05, 0.1) is 22.4 Å². The molecule has 9 heteroatoms. The molecule has 0 radical (unpaired) electrons. The summed E-state index contributed by atoms with van der Waals surface area (Å²) >= 11 is 1.50. The molecule has 3 heterocycles. The van der Waals surface area contributed by atoms with Crippen LogP contribution in [0.4, 0.5) is 11.5 Å². The number of anilines is 2. The lowest BCUT2D eigenvalue weighted by Gasteiger charge is -2.05. The molecule has 0 saturated heterocycles. The zero-order valence-corrected chi connectivity index (χ0v) is 17.3. The highest BCUT2D eigenvalue weighted by atomic mass is 32.1. The molecule has 31 heavy (non-hydrogen) atoms. The van der Waals surface area contributed by atoms with Crippen molar-refractivity contribution in [3.05, 3.63) is 76.7 Å². The summed E-state index contributed by atoms with van der Waals surface area (Å²) in [6, 6.07) is 17.4. The highest BCUT2D eigenvalue weighted by Crippen LogP contribution is 2.37. The van der Waals surface area contributed by atoms with Gasteiger partial charge in [0.15, 0.2) is 5.65 Å². The van der Waals surface area contributed by atoms with Crippen molar-refractivity contribution in [2.45, 2.75) is 6.92 Å². The first-order chi connectivity index (χ1) is 15.2. The Balaban J connectivity index is 1.74. The number of hydrogen-bond acceptors (Lipinski definition) is 7. The third kappa shape index (κ3) is 3.34. The lowest BCUT2D eigenvalue weighted by molar-refractivity contribution is 0.0523. The number of aromatic amines is 1. The van der Waals surface area contributed by atoms with E-state index in [1.807, 2.05) is 54.6 Å². The monoisotopic (exact) mass is 431 g/mol. The second kappa shape index (κ2) is 7.69. The fourth-order valence-corrected chi connectivity index (χ4v) is 4.31. The van der Waals surface area contributed by atoms with Crippen LogP contribution >= 0.6 is 11.3 Å². The first kappa shape index (κ1) is 19.0. The number of nitrogens with zero attached hydrogens (tertiary/aromatic N) is 3. The van der Waals surface area contributed by atoms with Gasteiger partial charge < -0.3 is 10.1 Å². The maximum atomic E-state index is 13.0. The van der Waals surface area contributed by atoms with Gasteiger partial charge in [-0.2, -0.15) is 4.52 Å². The van der Waals surface area contributed by atoms with Crippen LogP contribution in [-0.2, 0) is 4.74 Å². The van der Waals surface area contributed by atoms with Crippen LogP contribution in [0.1, 0.15) is 17.3 Å². The SMILES string of the molecule is CCOC(=O)c1cnc2c(-c3nc4ccccc4s3)c(Nc3ccccc3)[nH]n2c1=O. The van der Waals surface area contributed by atoms with Gasteiger partial charge in [0.25, 0.3) is 5.56 Å². The summed E-state index contributed by atoms with van der Waals surface area (Å²) < 4.78 is 7.25. The number of carbonyl (C=O) groups excluding carboxylic acids is 1. The predicted molar refractivity (Wildman–Crippen MR) is 120 cm³/mol. The van der Waals surface area contributed by atoms with Crippen LogP contribution < -0.4 is 10.9 Å². The van der Waals surface area contributed by atoms with E-state index in [9.17, 15) is 9.59 Å². The summed E-state index contributed by atoms with van der Waals surface area (Å²) in [6.45, 7) is 1.85. The van der Waals surface area contributed by atoms with Crippen molar-refractivity contribution in [2.75, 3.05) is 11.9 Å². The number of nitrogens with one attached hydrogen (secondary N) is 2. The zero-order valence-electron chi connectivity index (χ0n) is 16.5. The van der Waals surface area contributed by atoms with Gasteiger partial charge in [0.2, 0.25) is 0 Å². The minimum Gasteiger partial charge on any atom is -0.462 e. The van der Waals surface area contributed by atoms with E-state index in [1.165, 1.54) is 22.0 Å². The van der Waals surface area contributed by atoms with E-state index in [4.69, 9.17) is 9.72 Å². The number of fused-ring (bicyclic) bond motifs is 2. The average molecular weight is 431 g/mol. The van der Waals surface area contributed by atoms with Gasteiger partial charge in [0, 0.05) is 11.9 Å². The van der Waals surface area contributed by atoms with E-state index in [0.29, 0.717) is 22.0 Å². The Labute approximate surface area is 180 Å².